The van der Waals surface area contributed by atoms with Crippen molar-refractivity contribution in [2.75, 3.05) is 0 Å². The molecule has 2 N–H and O–H groups in total. The number of hydrogen-bond acceptors (Lipinski definition) is 6. The molecule has 0 radical (unpaired) electrons. The van der Waals surface area contributed by atoms with Gasteiger partial charge >= 0.3 is 23.4 Å². The van der Waals surface area contributed by atoms with E-state index in [1.165, 1.54) is 10.9 Å². The standard InChI is InChI=1S/C17H16F3N5O4/c1-2-23-9-22-13-12(23)14(26)25(29-15(27)17(18,19)20)16(28)24(13)8-11-5-3-10(7-21)4-6-11/h3-6,9H,2,7-8,21H2,1H3. The molecule has 0 amide bonds. The molecule has 0 atom stereocenters. The second-order valence-corrected chi connectivity index (χ2v) is 6.07. The number of nitrogens with zero attached hydrogens (tertiary/aromatic N) is 4. The number of halogens is 3. The minimum Gasteiger partial charge on any atom is -0.326 e. The minimum atomic E-state index is -5.38. The van der Waals surface area contributed by atoms with Crippen molar-refractivity contribution in [1.29, 1.82) is 0 Å². The van der Waals surface area contributed by atoms with Crippen molar-refractivity contribution >= 4 is 17.1 Å². The highest BCUT2D eigenvalue weighted by Gasteiger charge is 2.42. The van der Waals surface area contributed by atoms with Gasteiger partial charge in [-0.3, -0.25) is 9.36 Å². The molecule has 0 spiro atoms. The molecule has 0 saturated heterocycles. The molecule has 0 fully saturated rings. The fraction of sp³-hybridized carbons (Fsp3) is 0.294. The Bertz CT molecular complexity index is 1180. The van der Waals surface area contributed by atoms with E-state index in [0.717, 1.165) is 10.1 Å². The molecule has 154 valence electrons. The Morgan fingerprint density at radius 1 is 1.17 bits per heavy atom. The van der Waals surface area contributed by atoms with Gasteiger partial charge in [-0.2, -0.15) is 13.2 Å². The van der Waals surface area contributed by atoms with Crippen LogP contribution >= 0.6 is 0 Å². The molecule has 3 rings (SSSR count). The number of carbonyl (C=O) groups is 1. The molecule has 9 nitrogen and oxygen atoms in total. The summed E-state index contributed by atoms with van der Waals surface area (Å²) in [5.41, 5.74) is 4.30. The molecule has 0 unspecified atom stereocenters. The Kier molecular flexibility index (Phi) is 5.29. The topological polar surface area (TPSA) is 114 Å². The van der Waals surface area contributed by atoms with E-state index in [1.807, 2.05) is 0 Å². The van der Waals surface area contributed by atoms with Crippen LogP contribution in [0.25, 0.3) is 11.2 Å². The lowest BCUT2D eigenvalue weighted by Gasteiger charge is -2.13. The van der Waals surface area contributed by atoms with E-state index in [4.69, 9.17) is 5.73 Å². The molecular weight excluding hydrogens is 395 g/mol. The number of aromatic nitrogens is 4. The first-order chi connectivity index (χ1) is 13.7. The highest BCUT2D eigenvalue weighted by molar-refractivity contribution is 5.76. The number of imidazole rings is 1. The summed E-state index contributed by atoms with van der Waals surface area (Å²) in [5.74, 6) is -2.68. The third kappa shape index (κ3) is 3.78. The first kappa shape index (κ1) is 20.3. The van der Waals surface area contributed by atoms with Crippen LogP contribution in [0.1, 0.15) is 18.1 Å². The fourth-order valence-electron chi connectivity index (χ4n) is 2.73. The predicted octanol–water partition coefficient (Wildman–Crippen LogP) is 0.404. The second-order valence-electron chi connectivity index (χ2n) is 6.07. The van der Waals surface area contributed by atoms with Gasteiger partial charge in [-0.15, -0.1) is 0 Å². The number of carbonyl (C=O) groups excluding carboxylic acids is 1. The summed E-state index contributed by atoms with van der Waals surface area (Å²) in [6.45, 7) is 2.12. The van der Waals surface area contributed by atoms with Crippen molar-refractivity contribution < 1.29 is 22.8 Å². The summed E-state index contributed by atoms with van der Waals surface area (Å²) in [7, 11) is 0. The zero-order chi connectivity index (χ0) is 21.3. The third-order valence-electron chi connectivity index (χ3n) is 4.21. The Morgan fingerprint density at radius 3 is 2.34 bits per heavy atom. The number of alkyl halides is 3. The molecule has 3 aromatic rings. The number of aryl methyl sites for hydroxylation is 1. The number of hydrogen-bond donors (Lipinski definition) is 1. The van der Waals surface area contributed by atoms with Crippen molar-refractivity contribution in [2.24, 2.45) is 5.73 Å². The average Bonchev–Trinajstić information content (AvgIpc) is 3.12. The number of benzene rings is 1. The summed E-state index contributed by atoms with van der Waals surface area (Å²) in [4.78, 5) is 44.6. The van der Waals surface area contributed by atoms with Gasteiger partial charge in [0.05, 0.1) is 12.9 Å². The van der Waals surface area contributed by atoms with Crippen LogP contribution in [0.2, 0.25) is 0 Å². The van der Waals surface area contributed by atoms with Gasteiger partial charge in [-0.05, 0) is 18.1 Å². The van der Waals surface area contributed by atoms with Gasteiger partial charge in [0.1, 0.15) is 0 Å². The van der Waals surface area contributed by atoms with Gasteiger partial charge in [0.25, 0.3) is 0 Å². The number of nitrogens with two attached hydrogens (primary N) is 1. The van der Waals surface area contributed by atoms with Crippen LogP contribution in [0.15, 0.2) is 40.2 Å². The molecule has 2 aromatic heterocycles. The van der Waals surface area contributed by atoms with E-state index < -0.39 is 23.4 Å². The second kappa shape index (κ2) is 7.54. The van der Waals surface area contributed by atoms with Crippen molar-refractivity contribution in [3.8, 4) is 0 Å². The highest BCUT2D eigenvalue weighted by Crippen LogP contribution is 2.15. The Hall–Kier alpha value is -3.41. The van der Waals surface area contributed by atoms with E-state index in [-0.39, 0.29) is 29.0 Å². The molecule has 29 heavy (non-hydrogen) atoms. The molecule has 0 aliphatic heterocycles. The summed E-state index contributed by atoms with van der Waals surface area (Å²) < 4.78 is 39.9. The number of fused-ring (bicyclic) bond motifs is 1. The van der Waals surface area contributed by atoms with Gasteiger partial charge < -0.3 is 15.1 Å². The molecule has 0 aliphatic carbocycles. The first-order valence-corrected chi connectivity index (χ1v) is 8.45. The average molecular weight is 411 g/mol. The maximum Gasteiger partial charge on any atom is 0.493 e. The third-order valence-corrected chi connectivity index (χ3v) is 4.21. The maximum atomic E-state index is 12.7. The van der Waals surface area contributed by atoms with Crippen molar-refractivity contribution in [2.45, 2.75) is 32.7 Å². The lowest BCUT2D eigenvalue weighted by atomic mass is 10.1. The highest BCUT2D eigenvalue weighted by atomic mass is 19.4. The normalized spacial score (nSPS) is 11.8. The Balaban J connectivity index is 2.19. The van der Waals surface area contributed by atoms with Crippen molar-refractivity contribution in [1.82, 2.24) is 18.8 Å². The van der Waals surface area contributed by atoms with Crippen LogP contribution in [-0.2, 0) is 24.4 Å². The summed E-state index contributed by atoms with van der Waals surface area (Å²) >= 11 is 0. The zero-order valence-electron chi connectivity index (χ0n) is 15.1. The van der Waals surface area contributed by atoms with Crippen LogP contribution in [0, 0.1) is 0 Å². The Labute approximate surface area is 160 Å². The number of rotatable bonds is 5. The summed E-state index contributed by atoms with van der Waals surface area (Å²) in [6.07, 6.45) is -4.11. The van der Waals surface area contributed by atoms with Crippen LogP contribution in [-0.4, -0.2) is 31.0 Å². The van der Waals surface area contributed by atoms with Crippen molar-refractivity contribution in [3.63, 3.8) is 0 Å². The van der Waals surface area contributed by atoms with Gasteiger partial charge in [0.15, 0.2) is 11.2 Å². The van der Waals surface area contributed by atoms with Crippen molar-refractivity contribution in [3.05, 3.63) is 62.6 Å². The van der Waals surface area contributed by atoms with Crippen LogP contribution in [0.5, 0.6) is 0 Å². The van der Waals surface area contributed by atoms with Crippen LogP contribution in [0.3, 0.4) is 0 Å². The zero-order valence-corrected chi connectivity index (χ0v) is 15.1. The smallest absolute Gasteiger partial charge is 0.326 e. The molecular formula is C17H16F3N5O4. The lowest BCUT2D eigenvalue weighted by molar-refractivity contribution is -0.200. The Morgan fingerprint density at radius 2 is 1.79 bits per heavy atom. The quantitative estimate of drug-likeness (QED) is 0.650. The summed E-state index contributed by atoms with van der Waals surface area (Å²) in [5, 5.41) is 0. The SMILES string of the molecule is CCn1cnc2c1c(=O)n(OC(=O)C(F)(F)F)c(=O)n2Cc1ccc(CN)cc1. The monoisotopic (exact) mass is 411 g/mol. The van der Waals surface area contributed by atoms with E-state index >= 15 is 0 Å². The largest absolute Gasteiger partial charge is 0.493 e. The molecule has 0 aliphatic rings. The van der Waals surface area contributed by atoms with Crippen LogP contribution < -0.4 is 21.8 Å². The fourth-order valence-corrected chi connectivity index (χ4v) is 2.73. The van der Waals surface area contributed by atoms with Gasteiger partial charge in [0.2, 0.25) is 0 Å². The van der Waals surface area contributed by atoms with E-state index in [9.17, 15) is 27.6 Å². The van der Waals surface area contributed by atoms with E-state index in [1.54, 1.807) is 31.2 Å². The molecule has 0 saturated carbocycles. The molecule has 0 bridgehead atoms. The maximum absolute atomic E-state index is 12.7. The molecule has 12 heteroatoms. The van der Waals surface area contributed by atoms with Crippen LogP contribution in [0.4, 0.5) is 13.2 Å². The van der Waals surface area contributed by atoms with E-state index in [2.05, 4.69) is 9.82 Å². The summed E-state index contributed by atoms with van der Waals surface area (Å²) in [6, 6.07) is 6.80. The van der Waals surface area contributed by atoms with Gasteiger partial charge in [-0.25, -0.2) is 14.6 Å². The van der Waals surface area contributed by atoms with Gasteiger partial charge in [0, 0.05) is 13.1 Å². The molecule has 1 aromatic carbocycles. The van der Waals surface area contributed by atoms with Gasteiger partial charge in [-0.1, -0.05) is 29.0 Å². The first-order valence-electron chi connectivity index (χ1n) is 8.45. The predicted molar refractivity (Wildman–Crippen MR) is 95.0 cm³/mol. The van der Waals surface area contributed by atoms with E-state index in [0.29, 0.717) is 12.1 Å². The molecule has 2 heterocycles. The lowest BCUT2D eigenvalue weighted by Crippen LogP contribution is -2.48. The minimum absolute atomic E-state index is 0.0379.